The lowest BCUT2D eigenvalue weighted by molar-refractivity contribution is -0.135. The predicted molar refractivity (Wildman–Crippen MR) is 102 cm³/mol. The molecule has 0 radical (unpaired) electrons. The van der Waals surface area contributed by atoms with Crippen LogP contribution in [0.15, 0.2) is 6.07 Å². The van der Waals surface area contributed by atoms with E-state index in [1.165, 1.54) is 13.0 Å². The third kappa shape index (κ3) is 2.59. The number of primary amides is 1. The molecule has 1 aliphatic rings. The summed E-state index contributed by atoms with van der Waals surface area (Å²) in [6.45, 7) is 7.49. The van der Waals surface area contributed by atoms with Crippen molar-refractivity contribution in [2.75, 3.05) is 6.54 Å². The van der Waals surface area contributed by atoms with Crippen LogP contribution >= 0.6 is 23.2 Å². The number of carbonyl (C=O) groups is 2. The molecule has 0 aliphatic carbocycles. The van der Waals surface area contributed by atoms with Crippen LogP contribution in [0.4, 0.5) is 0 Å². The van der Waals surface area contributed by atoms with Crippen LogP contribution in [0.25, 0.3) is 10.9 Å². The number of rotatable bonds is 2. The number of carbonyl (C=O) groups excluding carboxylic acids is 2. The third-order valence-corrected chi connectivity index (χ3v) is 6.01. The molecule has 140 valence electrons. The number of aliphatic hydroxyl groups is 1. The van der Waals surface area contributed by atoms with Crippen LogP contribution in [-0.4, -0.2) is 28.4 Å². The quantitative estimate of drug-likeness (QED) is 0.625. The SMILES string of the molecule is C[C@H]1C(=O)NCC(C)(C)c2[nH]c3c(Cl)c(Cl)cc(C(C)(O)C(N)=O)c3c21. The Morgan fingerprint density at radius 3 is 2.62 bits per heavy atom. The maximum Gasteiger partial charge on any atom is 0.253 e. The third-order valence-electron chi connectivity index (χ3n) is 5.22. The highest BCUT2D eigenvalue weighted by Gasteiger charge is 2.40. The average molecular weight is 398 g/mol. The van der Waals surface area contributed by atoms with E-state index < -0.39 is 22.8 Å². The average Bonchev–Trinajstić information content (AvgIpc) is 2.93. The number of amides is 2. The molecule has 0 saturated carbocycles. The van der Waals surface area contributed by atoms with Gasteiger partial charge in [-0.15, -0.1) is 0 Å². The van der Waals surface area contributed by atoms with Gasteiger partial charge in [0.1, 0.15) is 0 Å². The van der Waals surface area contributed by atoms with Crippen molar-refractivity contribution in [2.45, 2.75) is 44.6 Å². The van der Waals surface area contributed by atoms with Crippen molar-refractivity contribution in [1.82, 2.24) is 10.3 Å². The van der Waals surface area contributed by atoms with Crippen molar-refractivity contribution in [3.63, 3.8) is 0 Å². The molecule has 1 aromatic carbocycles. The van der Waals surface area contributed by atoms with Gasteiger partial charge in [-0.2, -0.15) is 0 Å². The number of halogens is 2. The molecule has 0 fully saturated rings. The van der Waals surface area contributed by atoms with Gasteiger partial charge in [0.25, 0.3) is 5.91 Å². The first kappa shape index (κ1) is 19.0. The van der Waals surface area contributed by atoms with Gasteiger partial charge < -0.3 is 21.1 Å². The van der Waals surface area contributed by atoms with E-state index in [0.29, 0.717) is 23.0 Å². The Balaban J connectivity index is 2.53. The minimum absolute atomic E-state index is 0.145. The lowest BCUT2D eigenvalue weighted by atomic mass is 9.82. The second-order valence-electron chi connectivity index (χ2n) is 7.64. The topological polar surface area (TPSA) is 108 Å². The van der Waals surface area contributed by atoms with Crippen molar-refractivity contribution in [3.05, 3.63) is 32.9 Å². The molecular weight excluding hydrogens is 377 g/mol. The van der Waals surface area contributed by atoms with E-state index in [0.717, 1.165) is 5.69 Å². The van der Waals surface area contributed by atoms with Crippen LogP contribution in [0.2, 0.25) is 10.0 Å². The molecule has 1 unspecified atom stereocenters. The molecule has 6 nitrogen and oxygen atoms in total. The lowest BCUT2D eigenvalue weighted by Crippen LogP contribution is -2.38. The highest BCUT2D eigenvalue weighted by atomic mass is 35.5. The molecule has 0 saturated heterocycles. The Bertz CT molecular complexity index is 947. The Labute approximate surface area is 161 Å². The summed E-state index contributed by atoms with van der Waals surface area (Å²) in [6, 6.07) is 1.44. The van der Waals surface area contributed by atoms with E-state index >= 15 is 0 Å². The number of benzene rings is 1. The molecular formula is C18H21Cl2N3O3. The Morgan fingerprint density at radius 1 is 1.42 bits per heavy atom. The summed E-state index contributed by atoms with van der Waals surface area (Å²) in [5.74, 6) is -1.58. The van der Waals surface area contributed by atoms with Gasteiger partial charge >= 0.3 is 0 Å². The Kier molecular flexibility index (Phi) is 4.30. The monoisotopic (exact) mass is 397 g/mol. The van der Waals surface area contributed by atoms with Gasteiger partial charge in [0.15, 0.2) is 5.60 Å². The summed E-state index contributed by atoms with van der Waals surface area (Å²) in [7, 11) is 0. The predicted octanol–water partition coefficient (Wildman–Crippen LogP) is 2.68. The highest BCUT2D eigenvalue weighted by Crippen LogP contribution is 2.45. The lowest BCUT2D eigenvalue weighted by Gasteiger charge is -2.24. The van der Waals surface area contributed by atoms with E-state index in [2.05, 4.69) is 10.3 Å². The van der Waals surface area contributed by atoms with Crippen LogP contribution in [0.3, 0.4) is 0 Å². The largest absolute Gasteiger partial charge is 0.376 e. The van der Waals surface area contributed by atoms with Crippen LogP contribution < -0.4 is 11.1 Å². The maximum atomic E-state index is 12.5. The van der Waals surface area contributed by atoms with Crippen LogP contribution in [-0.2, 0) is 20.6 Å². The normalized spacial score (nSPS) is 21.7. The number of aromatic amines is 1. The molecule has 0 bridgehead atoms. The van der Waals surface area contributed by atoms with E-state index in [1.807, 2.05) is 13.8 Å². The van der Waals surface area contributed by atoms with Crippen LogP contribution in [0.5, 0.6) is 0 Å². The number of nitrogens with one attached hydrogen (secondary N) is 2. The minimum atomic E-state index is -1.98. The molecule has 1 aromatic heterocycles. The van der Waals surface area contributed by atoms with Gasteiger partial charge in [-0.3, -0.25) is 9.59 Å². The first-order chi connectivity index (χ1) is 11.9. The smallest absolute Gasteiger partial charge is 0.253 e. The molecule has 1 aliphatic heterocycles. The van der Waals surface area contributed by atoms with Crippen LogP contribution in [0.1, 0.15) is 50.4 Å². The number of aromatic nitrogens is 1. The molecule has 26 heavy (non-hydrogen) atoms. The first-order valence-electron chi connectivity index (χ1n) is 8.24. The van der Waals surface area contributed by atoms with E-state index in [9.17, 15) is 14.7 Å². The summed E-state index contributed by atoms with van der Waals surface area (Å²) < 4.78 is 0. The maximum absolute atomic E-state index is 12.5. The zero-order valence-corrected chi connectivity index (χ0v) is 16.5. The van der Waals surface area contributed by atoms with E-state index in [-0.39, 0.29) is 21.5 Å². The fraction of sp³-hybridized carbons (Fsp3) is 0.444. The fourth-order valence-electron chi connectivity index (χ4n) is 3.50. The highest BCUT2D eigenvalue weighted by molar-refractivity contribution is 6.45. The zero-order valence-electron chi connectivity index (χ0n) is 15.0. The van der Waals surface area contributed by atoms with Gasteiger partial charge in [0.05, 0.1) is 21.5 Å². The summed E-state index contributed by atoms with van der Waals surface area (Å²) in [5.41, 5.74) is 5.23. The molecule has 3 rings (SSSR count). The summed E-state index contributed by atoms with van der Waals surface area (Å²) in [4.78, 5) is 27.7. The van der Waals surface area contributed by atoms with Gasteiger partial charge in [-0.1, -0.05) is 37.0 Å². The molecule has 0 spiro atoms. The summed E-state index contributed by atoms with van der Waals surface area (Å²) >= 11 is 12.6. The molecule has 2 heterocycles. The fourth-order valence-corrected chi connectivity index (χ4v) is 3.90. The number of hydrogen-bond donors (Lipinski definition) is 4. The molecule has 2 aromatic rings. The molecule has 8 heteroatoms. The van der Waals surface area contributed by atoms with Crippen molar-refractivity contribution in [1.29, 1.82) is 0 Å². The molecule has 5 N–H and O–H groups in total. The van der Waals surface area contributed by atoms with E-state index in [1.54, 1.807) is 6.92 Å². The number of H-pyrrole nitrogens is 1. The minimum Gasteiger partial charge on any atom is -0.376 e. The Hall–Kier alpha value is -1.76. The first-order valence-corrected chi connectivity index (χ1v) is 8.99. The van der Waals surface area contributed by atoms with Gasteiger partial charge in [-0.25, -0.2) is 0 Å². The van der Waals surface area contributed by atoms with Crippen molar-refractivity contribution >= 4 is 45.9 Å². The van der Waals surface area contributed by atoms with Gasteiger partial charge in [0, 0.05) is 28.6 Å². The molecule has 2 atom stereocenters. The van der Waals surface area contributed by atoms with Crippen molar-refractivity contribution in [2.24, 2.45) is 5.73 Å². The summed E-state index contributed by atoms with van der Waals surface area (Å²) in [6.07, 6.45) is 0. The van der Waals surface area contributed by atoms with Gasteiger partial charge in [0.2, 0.25) is 5.91 Å². The van der Waals surface area contributed by atoms with Crippen LogP contribution in [0, 0.1) is 0 Å². The second-order valence-corrected chi connectivity index (χ2v) is 8.43. The standard InChI is InChI=1S/C18H21Cl2N3O3/c1-7-10-11-8(18(4,26)16(21)25)5-9(19)12(20)13(11)23-14(10)17(2,3)6-22-15(7)24/h5,7,23,26H,6H2,1-4H3,(H2,21,25)(H,22,24)/t7-,18?/m1/s1. The van der Waals surface area contributed by atoms with Gasteiger partial charge in [-0.05, 0) is 25.5 Å². The number of fused-ring (bicyclic) bond motifs is 3. The molecule has 2 amide bonds. The van der Waals surface area contributed by atoms with Crippen molar-refractivity contribution in [3.8, 4) is 0 Å². The zero-order chi connectivity index (χ0) is 19.6. The second kappa shape index (κ2) is 5.87. The van der Waals surface area contributed by atoms with E-state index in [4.69, 9.17) is 28.9 Å². The number of hydrogen-bond acceptors (Lipinski definition) is 3. The number of nitrogens with two attached hydrogens (primary N) is 1. The summed E-state index contributed by atoms with van der Waals surface area (Å²) in [5, 5.41) is 14.6. The van der Waals surface area contributed by atoms with Crippen molar-refractivity contribution < 1.29 is 14.7 Å². The Morgan fingerprint density at radius 2 is 2.04 bits per heavy atom.